The van der Waals surface area contributed by atoms with Gasteiger partial charge in [-0.15, -0.1) is 0 Å². The van der Waals surface area contributed by atoms with Gasteiger partial charge in [-0.1, -0.05) is 55.2 Å². The normalized spacial score (nSPS) is 12.5. The van der Waals surface area contributed by atoms with Gasteiger partial charge >= 0.3 is 78.2 Å². The summed E-state index contributed by atoms with van der Waals surface area (Å²) in [5, 5.41) is 0. The molecular weight excluding hydrogens is 1930 g/mol. The largest absolute Gasteiger partial charge is 1.00 e. The van der Waals surface area contributed by atoms with Gasteiger partial charge in [0.15, 0.2) is 11.6 Å². The number of nitrogens with zero attached hydrogens (tertiary/aromatic N) is 10. The summed E-state index contributed by atoms with van der Waals surface area (Å²) in [6.45, 7) is 50.5. The Kier molecular flexibility index (Phi) is 51.6. The number of anilines is 4. The van der Waals surface area contributed by atoms with Crippen LogP contribution in [0.3, 0.4) is 0 Å². The zero-order valence-corrected chi connectivity index (χ0v) is 83.1. The van der Waals surface area contributed by atoms with Crippen molar-refractivity contribution in [1.82, 2.24) is 34.9 Å². The minimum atomic E-state index is -5.35. The van der Waals surface area contributed by atoms with Crippen LogP contribution in [-0.2, 0) is 68.0 Å². The van der Waals surface area contributed by atoms with Crippen LogP contribution in [0.15, 0.2) is 131 Å². The number of ether oxygens (including phenoxy) is 7. The SMILES string of the molecule is C.CC(=O)c1coc(Br)n1.CC(C)(C)OC(=O)Cc1cc(Br)ccn1.CC(C)(C)OC(=O)OC(=O)OC(C)(C)C.CCN(C(=O)OC(C)(C)C)c1cc(-c2nc(C(C)=O)co2)ccn1.CCN(C(=O)OC(C)(C)C)c1cc(B2OC(C)(C)C(C)(C)O2)ccn1.CCN(C(=O)OC(C)(C)C)c1cc(Br)ccn1.CCOS(=O)(=O)C(F)(F)F.Nc1cc(Br)ccn1.[Li+].[OH-]. The van der Waals surface area contributed by atoms with E-state index in [9.17, 15) is 59.9 Å². The predicted octanol–water partition coefficient (Wildman–Crippen LogP) is 17.5. The van der Waals surface area contributed by atoms with E-state index >= 15 is 0 Å². The molecule has 7 aromatic rings. The average Bonchev–Trinajstić information content (AvgIpc) is 1.62. The van der Waals surface area contributed by atoms with Gasteiger partial charge in [-0.2, -0.15) is 21.6 Å². The fourth-order valence-electron chi connectivity index (χ4n) is 8.36. The van der Waals surface area contributed by atoms with E-state index in [0.717, 1.165) is 25.8 Å². The third-order valence-corrected chi connectivity index (χ3v) is 17.0. The van der Waals surface area contributed by atoms with Crippen LogP contribution in [0.25, 0.3) is 11.5 Å². The molecule has 0 aromatic carbocycles. The third-order valence-electron chi connectivity index (χ3n) is 14.1. The molecule has 34 nitrogen and oxygen atoms in total. The number of ketones is 2. The molecule has 7 aromatic heterocycles. The molecule has 1 aliphatic heterocycles. The van der Waals surface area contributed by atoms with E-state index in [1.54, 1.807) is 118 Å². The van der Waals surface area contributed by atoms with Crippen molar-refractivity contribution < 1.29 is 140 Å². The van der Waals surface area contributed by atoms with Crippen LogP contribution in [0.4, 0.5) is 60.4 Å². The Hall–Kier alpha value is -8.51. The van der Waals surface area contributed by atoms with Crippen molar-refractivity contribution in [2.75, 3.05) is 46.7 Å². The number of aromatic nitrogens is 7. The number of halogens is 7. The molecule has 1 saturated heterocycles. The molecule has 126 heavy (non-hydrogen) atoms. The number of carbonyl (C=O) groups is 8. The molecule has 0 spiro atoms. The number of pyridine rings is 5. The van der Waals surface area contributed by atoms with E-state index in [4.69, 9.17) is 52.3 Å². The van der Waals surface area contributed by atoms with Gasteiger partial charge in [0.05, 0.1) is 29.9 Å². The summed E-state index contributed by atoms with van der Waals surface area (Å²) in [6.07, 6.45) is 7.58. The number of esters is 1. The maximum atomic E-state index is 12.4. The van der Waals surface area contributed by atoms with Gasteiger partial charge in [-0.3, -0.25) is 38.3 Å². The molecule has 8 rings (SSSR count). The molecule has 0 aliphatic carbocycles. The summed E-state index contributed by atoms with van der Waals surface area (Å²) < 4.78 is 117. The van der Waals surface area contributed by atoms with Gasteiger partial charge in [0.2, 0.25) is 5.89 Å². The number of alkyl halides is 3. The Labute approximate surface area is 782 Å². The Morgan fingerprint density at radius 3 is 1.17 bits per heavy atom. The number of hydrogen-bond donors (Lipinski definition) is 1. The second-order valence-electron chi connectivity index (χ2n) is 32.5. The van der Waals surface area contributed by atoms with Crippen LogP contribution < -0.4 is 44.8 Å². The first-order valence-electron chi connectivity index (χ1n) is 37.8. The van der Waals surface area contributed by atoms with Crippen molar-refractivity contribution >= 4 is 158 Å². The van der Waals surface area contributed by atoms with Crippen molar-refractivity contribution in [1.29, 1.82) is 0 Å². The van der Waals surface area contributed by atoms with E-state index in [-0.39, 0.29) is 67.5 Å². The van der Waals surface area contributed by atoms with Gasteiger partial charge < -0.3 is 62.5 Å². The van der Waals surface area contributed by atoms with Crippen molar-refractivity contribution in [2.45, 2.75) is 258 Å². The predicted molar refractivity (Wildman–Crippen MR) is 480 cm³/mol. The molecule has 1 aliphatic rings. The number of nitrogens with two attached hydrogens (primary N) is 1. The topological polar surface area (TPSA) is 445 Å². The number of oxazole rings is 2. The molecule has 0 bridgehead atoms. The summed E-state index contributed by atoms with van der Waals surface area (Å²) in [6, 6.07) is 17.8. The second-order valence-corrected chi connectivity index (χ2v) is 37.6. The summed E-state index contributed by atoms with van der Waals surface area (Å²) in [4.78, 5) is 125. The van der Waals surface area contributed by atoms with Crippen molar-refractivity contribution in [2.24, 2.45) is 0 Å². The van der Waals surface area contributed by atoms with Crippen LogP contribution in [0.1, 0.15) is 228 Å². The number of carbonyl (C=O) groups excluding carboxylic acids is 8. The molecule has 0 saturated carbocycles. The monoisotopic (exact) mass is 2050 g/mol. The Balaban J connectivity index is -0.00000140. The zero-order valence-electron chi connectivity index (χ0n) is 76.0. The molecular formula is C82H118BBr4F3LiN11O23S. The zero-order chi connectivity index (χ0) is 95.0. The van der Waals surface area contributed by atoms with E-state index in [1.165, 1.54) is 41.1 Å². The Morgan fingerprint density at radius 2 is 0.849 bits per heavy atom. The smallest absolute Gasteiger partial charge is 0.870 e. The molecule has 1 fully saturated rings. The quantitative estimate of drug-likeness (QED) is 0.0201. The van der Waals surface area contributed by atoms with Gasteiger partial charge in [-0.05, 0) is 246 Å². The van der Waals surface area contributed by atoms with Crippen LogP contribution >= 0.6 is 63.7 Å². The minimum absolute atomic E-state index is 0. The molecule has 44 heteroatoms. The number of hydrogen-bond acceptors (Lipinski definition) is 31. The van der Waals surface area contributed by atoms with Crippen molar-refractivity contribution in [3.63, 3.8) is 0 Å². The summed E-state index contributed by atoms with van der Waals surface area (Å²) in [5.41, 5.74) is -1.57. The minimum Gasteiger partial charge on any atom is -0.870 e. The average molecular weight is 2050 g/mol. The molecule has 698 valence electrons. The van der Waals surface area contributed by atoms with E-state index in [2.05, 4.69) is 108 Å². The second kappa shape index (κ2) is 53.5. The first-order valence-corrected chi connectivity index (χ1v) is 42.4. The van der Waals surface area contributed by atoms with Gasteiger partial charge in [-0.25, -0.2) is 53.9 Å². The molecule has 3 N–H and O–H groups in total. The summed E-state index contributed by atoms with van der Waals surface area (Å²) in [5.74, 6) is 1.83. The molecule has 8 heterocycles. The van der Waals surface area contributed by atoms with Crippen molar-refractivity contribution in [3.05, 3.63) is 139 Å². The van der Waals surface area contributed by atoms with Gasteiger partial charge in [0.25, 0.3) is 4.80 Å². The van der Waals surface area contributed by atoms with Gasteiger partial charge in [0, 0.05) is 99.4 Å². The molecule has 0 radical (unpaired) electrons. The first kappa shape index (κ1) is 122. The molecule has 3 amide bonds. The first-order chi connectivity index (χ1) is 56.1. The van der Waals surface area contributed by atoms with Crippen LogP contribution in [0.2, 0.25) is 0 Å². The number of nitrogen functional groups attached to an aromatic ring is 1. The summed E-state index contributed by atoms with van der Waals surface area (Å²) >= 11 is 12.9. The van der Waals surface area contributed by atoms with Crippen LogP contribution in [0, 0.1) is 0 Å². The van der Waals surface area contributed by atoms with Crippen molar-refractivity contribution in [3.8, 4) is 11.5 Å². The number of rotatable bonds is 14. The maximum absolute atomic E-state index is 12.4. The Bertz CT molecular complexity index is 4670. The van der Waals surface area contributed by atoms with E-state index in [1.807, 2.05) is 147 Å². The maximum Gasteiger partial charge on any atom is 1.00 e. The van der Waals surface area contributed by atoms with Crippen LogP contribution in [-0.4, -0.2) is 181 Å². The standard InChI is InChI=1S/C18H29BN2O4.C17H21N3O4.C12H17BrN2O2.C11H14BrNO2.C10H18O5.C5H5BrN2.C5H4BrNO2.C3H5F3O3S.CH4.Li.H2O/c1-9-21(15(22)23-16(2,3)4)14-12-13(10-11-20-14)19-24-17(5,6)18(7,8)25-19;1-6-20(16(22)24-17(3,4)5)14-9-12(7-8-18-14)15-19-13(10-23-15)11(2)21;1-5-15(11(16)17-12(2,3)4)10-8-9(13)6-7-14-10;1-11(2,3)15-10(14)7-9-6-8(12)4-5-13-9;1-9(2,3)14-7(11)13-8(12)15-10(4,5)6;6-4-1-2-8-5(7)3-4;1-3(8)4-2-9-5(6)7-4;1-2-9-10(7,8)3(4,5)6;;;/h10-12H,9H2,1-8H3;7-10H,6H2,1-5H3;6-8H,5H2,1-4H3;4-6H,7H2,1-3H3;1-6H3;1-3H,(H2,7,8);2H,1H3;2H2,1H3;1H4;;1H2/q;;;;;;;;;+1;/p-1. The fourth-order valence-corrected chi connectivity index (χ4v) is 10.1. The van der Waals surface area contributed by atoms with Gasteiger partial charge in [0.1, 0.15) is 80.8 Å². The van der Waals surface area contributed by atoms with E-state index in [0.29, 0.717) is 70.5 Å². The Morgan fingerprint density at radius 1 is 0.492 bits per heavy atom. The van der Waals surface area contributed by atoms with Crippen LogP contribution in [0.5, 0.6) is 0 Å². The van der Waals surface area contributed by atoms with E-state index < -0.39 is 98.7 Å². The molecule has 0 atom stereocenters. The number of Topliss-reactive ketones (excluding diaryl/α,β-unsaturated/α-hetero) is 2. The number of amides is 3. The summed E-state index contributed by atoms with van der Waals surface area (Å²) in [7, 11) is -5.84. The third kappa shape index (κ3) is 49.2. The molecule has 0 unspecified atom stereocenters. The fraction of sp³-hybridized carbons (Fsp3) is 0.524.